The van der Waals surface area contributed by atoms with E-state index in [9.17, 15) is 4.79 Å². The first-order chi connectivity index (χ1) is 15.1. The van der Waals surface area contributed by atoms with Gasteiger partial charge in [0.2, 0.25) is 0 Å². The van der Waals surface area contributed by atoms with Crippen molar-refractivity contribution in [2.75, 3.05) is 31.1 Å². The summed E-state index contributed by atoms with van der Waals surface area (Å²) < 4.78 is 1.68. The van der Waals surface area contributed by atoms with Gasteiger partial charge in [-0.2, -0.15) is 0 Å². The molecule has 2 fully saturated rings. The van der Waals surface area contributed by atoms with Crippen molar-refractivity contribution < 1.29 is 0 Å². The lowest BCUT2D eigenvalue weighted by atomic mass is 9.85. The Morgan fingerprint density at radius 2 is 1.77 bits per heavy atom. The molecule has 0 amide bonds. The van der Waals surface area contributed by atoms with Crippen molar-refractivity contribution in [1.29, 1.82) is 0 Å². The molecule has 162 valence electrons. The highest BCUT2D eigenvalue weighted by molar-refractivity contribution is 5.81. The van der Waals surface area contributed by atoms with Crippen LogP contribution >= 0.6 is 0 Å². The van der Waals surface area contributed by atoms with Crippen LogP contribution in [0.4, 0.5) is 5.69 Å². The summed E-state index contributed by atoms with van der Waals surface area (Å²) in [6.45, 7) is 8.78. The zero-order chi connectivity index (χ0) is 21.4. The number of rotatable bonds is 5. The molecule has 0 N–H and O–H groups in total. The van der Waals surface area contributed by atoms with Gasteiger partial charge in [0, 0.05) is 68.3 Å². The van der Waals surface area contributed by atoms with Crippen LogP contribution in [0.3, 0.4) is 0 Å². The Hall–Kier alpha value is -2.80. The number of hydrogen-bond donors (Lipinski definition) is 0. The number of hydrogen-bond acceptors (Lipinski definition) is 6. The van der Waals surface area contributed by atoms with E-state index < -0.39 is 0 Å². The fraction of sp³-hybridized carbons (Fsp3) is 0.500. The highest BCUT2D eigenvalue weighted by atomic mass is 16.1. The molecule has 2 aromatic heterocycles. The lowest BCUT2D eigenvalue weighted by molar-refractivity contribution is 0.249. The summed E-state index contributed by atoms with van der Waals surface area (Å²) >= 11 is 0. The van der Waals surface area contributed by atoms with Crippen molar-refractivity contribution in [2.45, 2.75) is 51.6 Å². The van der Waals surface area contributed by atoms with E-state index in [0.717, 1.165) is 49.8 Å². The van der Waals surface area contributed by atoms with Crippen LogP contribution in [0.15, 0.2) is 41.7 Å². The minimum atomic E-state index is 0.0296. The molecule has 0 atom stereocenters. The summed E-state index contributed by atoms with van der Waals surface area (Å²) in [5.74, 6) is 1.60. The van der Waals surface area contributed by atoms with Crippen LogP contribution in [0.25, 0.3) is 10.9 Å². The second-order valence-corrected chi connectivity index (χ2v) is 9.09. The predicted molar refractivity (Wildman–Crippen MR) is 123 cm³/mol. The molecule has 7 nitrogen and oxygen atoms in total. The molecule has 0 spiro atoms. The number of aromatic nitrogens is 4. The highest BCUT2D eigenvalue weighted by Crippen LogP contribution is 2.34. The first-order valence-corrected chi connectivity index (χ1v) is 11.4. The van der Waals surface area contributed by atoms with Crippen LogP contribution in [0.5, 0.6) is 0 Å². The Morgan fingerprint density at radius 1 is 1.03 bits per heavy atom. The van der Waals surface area contributed by atoms with Gasteiger partial charge in [-0.15, -0.1) is 0 Å². The zero-order valence-electron chi connectivity index (χ0n) is 18.4. The summed E-state index contributed by atoms with van der Waals surface area (Å²) in [4.78, 5) is 31.2. The van der Waals surface area contributed by atoms with Crippen molar-refractivity contribution in [2.24, 2.45) is 0 Å². The van der Waals surface area contributed by atoms with Crippen LogP contribution in [0.1, 0.15) is 56.5 Å². The molecule has 1 aliphatic heterocycles. The van der Waals surface area contributed by atoms with Crippen LogP contribution in [0, 0.1) is 0 Å². The maximum Gasteiger partial charge on any atom is 0.261 e. The van der Waals surface area contributed by atoms with Gasteiger partial charge in [0.15, 0.2) is 0 Å². The normalized spacial score (nSPS) is 18.0. The molecule has 31 heavy (non-hydrogen) atoms. The Balaban J connectivity index is 1.22. The number of nitrogens with zero attached hydrogens (tertiary/aromatic N) is 6. The van der Waals surface area contributed by atoms with Crippen LogP contribution in [-0.4, -0.2) is 50.6 Å². The largest absolute Gasteiger partial charge is 0.369 e. The third-order valence-electron chi connectivity index (χ3n) is 6.66. The maximum absolute atomic E-state index is 12.6. The van der Waals surface area contributed by atoms with Gasteiger partial charge in [-0.3, -0.25) is 14.3 Å². The second-order valence-electron chi connectivity index (χ2n) is 9.09. The van der Waals surface area contributed by atoms with E-state index in [1.165, 1.54) is 24.8 Å². The molecule has 7 heteroatoms. The van der Waals surface area contributed by atoms with Gasteiger partial charge >= 0.3 is 0 Å². The molecule has 1 saturated carbocycles. The van der Waals surface area contributed by atoms with E-state index in [4.69, 9.17) is 0 Å². The van der Waals surface area contributed by atoms with Gasteiger partial charge in [0.05, 0.1) is 17.2 Å². The Labute approximate surface area is 182 Å². The van der Waals surface area contributed by atoms with E-state index in [2.05, 4.69) is 30.8 Å². The van der Waals surface area contributed by atoms with Crippen molar-refractivity contribution in [3.63, 3.8) is 0 Å². The van der Waals surface area contributed by atoms with Crippen molar-refractivity contribution in [1.82, 2.24) is 24.4 Å². The lowest BCUT2D eigenvalue weighted by Crippen LogP contribution is -2.46. The maximum atomic E-state index is 12.6. The average Bonchev–Trinajstić information content (AvgIpc) is 2.74. The molecule has 5 rings (SSSR count). The van der Waals surface area contributed by atoms with Crippen LogP contribution in [0.2, 0.25) is 0 Å². The van der Waals surface area contributed by atoms with Gasteiger partial charge in [-0.05, 0) is 44.9 Å². The zero-order valence-corrected chi connectivity index (χ0v) is 18.4. The molecule has 3 heterocycles. The molecule has 1 saturated heterocycles. The topological polar surface area (TPSA) is 67.2 Å². The van der Waals surface area contributed by atoms with Gasteiger partial charge in [0.1, 0.15) is 5.82 Å². The fourth-order valence-electron chi connectivity index (χ4n) is 4.43. The third-order valence-corrected chi connectivity index (χ3v) is 6.66. The minimum Gasteiger partial charge on any atom is -0.369 e. The second kappa shape index (κ2) is 8.38. The highest BCUT2D eigenvalue weighted by Gasteiger charge is 2.22. The van der Waals surface area contributed by atoms with Gasteiger partial charge in [-0.25, -0.2) is 15.0 Å². The molecule has 1 aromatic carbocycles. The first kappa shape index (κ1) is 20.1. The van der Waals surface area contributed by atoms with Crippen LogP contribution < -0.4 is 10.5 Å². The average molecular weight is 419 g/mol. The fourth-order valence-corrected chi connectivity index (χ4v) is 4.43. The number of anilines is 1. The number of piperazine rings is 1. The summed E-state index contributed by atoms with van der Waals surface area (Å²) in [6, 6.07) is 6.13. The minimum absolute atomic E-state index is 0.0296. The molecular weight excluding hydrogens is 388 g/mol. The van der Waals surface area contributed by atoms with E-state index >= 15 is 0 Å². The molecule has 0 unspecified atom stereocenters. The number of benzene rings is 1. The molecule has 2 aliphatic rings. The summed E-state index contributed by atoms with van der Waals surface area (Å²) in [6.07, 6.45) is 9.45. The number of fused-ring (bicyclic) bond motifs is 1. The first-order valence-electron chi connectivity index (χ1n) is 11.4. The van der Waals surface area contributed by atoms with Crippen LogP contribution in [-0.2, 0) is 6.54 Å². The van der Waals surface area contributed by atoms with Crippen molar-refractivity contribution >= 4 is 16.6 Å². The predicted octanol–water partition coefficient (Wildman–Crippen LogP) is 3.36. The Kier molecular flexibility index (Phi) is 5.44. The SMILES string of the molecule is CC(C)n1cnc2cc(N3CCN(Cc4cnc(C5CCC5)nc4)CC3)ccc2c1=O. The van der Waals surface area contributed by atoms with E-state index in [1.807, 2.05) is 38.4 Å². The molecule has 0 bridgehead atoms. The monoisotopic (exact) mass is 418 g/mol. The molecular formula is C24H30N6O. The Morgan fingerprint density at radius 3 is 2.42 bits per heavy atom. The smallest absolute Gasteiger partial charge is 0.261 e. The van der Waals surface area contributed by atoms with E-state index in [-0.39, 0.29) is 11.6 Å². The molecule has 0 radical (unpaired) electrons. The molecule has 3 aromatic rings. The van der Waals surface area contributed by atoms with Gasteiger partial charge in [-0.1, -0.05) is 6.42 Å². The summed E-state index contributed by atoms with van der Waals surface area (Å²) in [7, 11) is 0. The van der Waals surface area contributed by atoms with Gasteiger partial charge < -0.3 is 4.90 Å². The quantitative estimate of drug-likeness (QED) is 0.633. The molecule has 1 aliphatic carbocycles. The summed E-state index contributed by atoms with van der Waals surface area (Å²) in [5.41, 5.74) is 3.12. The lowest BCUT2D eigenvalue weighted by Gasteiger charge is -2.36. The van der Waals surface area contributed by atoms with Crippen molar-refractivity contribution in [3.05, 3.63) is 58.7 Å². The standard InChI is InChI=1S/C24H30N6O/c1-17(2)30-16-27-22-12-20(6-7-21(22)24(30)31)29-10-8-28(9-11-29)15-18-13-25-23(26-14-18)19-4-3-5-19/h6-7,12-14,16-17,19H,3-5,8-11,15H2,1-2H3. The van der Waals surface area contributed by atoms with Gasteiger partial charge in [0.25, 0.3) is 5.56 Å². The van der Waals surface area contributed by atoms with E-state index in [0.29, 0.717) is 11.3 Å². The van der Waals surface area contributed by atoms with E-state index in [1.54, 1.807) is 10.9 Å². The third kappa shape index (κ3) is 4.06. The Bertz CT molecular complexity index is 1110. The summed E-state index contributed by atoms with van der Waals surface area (Å²) in [5, 5.41) is 0.684. The van der Waals surface area contributed by atoms with Crippen molar-refractivity contribution in [3.8, 4) is 0 Å².